The first-order valence-electron chi connectivity index (χ1n) is 8.01. The summed E-state index contributed by atoms with van der Waals surface area (Å²) in [5, 5.41) is 9.65. The Balaban J connectivity index is 1.85. The number of hydrogen-bond acceptors (Lipinski definition) is 3. The van der Waals surface area contributed by atoms with Gasteiger partial charge < -0.3 is 9.64 Å². The quantitative estimate of drug-likeness (QED) is 0.801. The van der Waals surface area contributed by atoms with Crippen LogP contribution in [0, 0.1) is 23.2 Å². The Bertz CT molecular complexity index is 538. The molecule has 0 aliphatic carbocycles. The van der Waals surface area contributed by atoms with Crippen molar-refractivity contribution in [3.63, 3.8) is 0 Å². The first-order chi connectivity index (χ1) is 10.5. The summed E-state index contributed by atoms with van der Waals surface area (Å²) in [7, 11) is 0. The van der Waals surface area contributed by atoms with Crippen molar-refractivity contribution in [2.24, 2.45) is 11.8 Å². The summed E-state index contributed by atoms with van der Waals surface area (Å²) >= 11 is 6.06. The normalized spacial score (nSPS) is 22.2. The zero-order chi connectivity index (χ0) is 16.1. The maximum Gasteiger partial charge on any atom is 0.0992 e. The molecule has 0 N–H and O–H groups in total. The molecule has 0 spiro atoms. The summed E-state index contributed by atoms with van der Waals surface area (Å²) in [6.45, 7) is 10.6. The lowest BCUT2D eigenvalue weighted by atomic mass is 9.99. The molecule has 2 rings (SSSR count). The van der Waals surface area contributed by atoms with Gasteiger partial charge in [0.05, 0.1) is 24.3 Å². The van der Waals surface area contributed by atoms with Crippen LogP contribution in [0.25, 0.3) is 0 Å². The maximum atomic E-state index is 9.01. The minimum absolute atomic E-state index is 0.303. The molecule has 3 nitrogen and oxygen atoms in total. The fourth-order valence-electron chi connectivity index (χ4n) is 3.00. The van der Waals surface area contributed by atoms with E-state index in [0.29, 0.717) is 28.5 Å². The van der Waals surface area contributed by atoms with E-state index in [4.69, 9.17) is 21.6 Å². The molecule has 1 fully saturated rings. The van der Waals surface area contributed by atoms with Gasteiger partial charge >= 0.3 is 0 Å². The molecule has 2 unspecified atom stereocenters. The van der Waals surface area contributed by atoms with Crippen LogP contribution in [0.2, 0.25) is 5.02 Å². The topological polar surface area (TPSA) is 36.3 Å². The number of hydrogen-bond donors (Lipinski definition) is 0. The Hall–Kier alpha value is -1.08. The number of nitrogens with zero attached hydrogens (tertiary/aromatic N) is 2. The van der Waals surface area contributed by atoms with Crippen molar-refractivity contribution in [2.45, 2.75) is 33.3 Å². The van der Waals surface area contributed by atoms with E-state index in [2.05, 4.69) is 31.7 Å². The van der Waals surface area contributed by atoms with Crippen molar-refractivity contribution in [2.75, 3.05) is 26.2 Å². The van der Waals surface area contributed by atoms with Gasteiger partial charge in [0.1, 0.15) is 0 Å². The largest absolute Gasteiger partial charge is 0.378 e. The predicted molar refractivity (Wildman–Crippen MR) is 90.1 cm³/mol. The number of benzene rings is 1. The molecule has 1 saturated heterocycles. The van der Waals surface area contributed by atoms with Gasteiger partial charge in [-0.1, -0.05) is 18.5 Å². The Morgan fingerprint density at radius 2 is 2.14 bits per heavy atom. The van der Waals surface area contributed by atoms with Crippen molar-refractivity contribution in [3.05, 3.63) is 34.3 Å². The fraction of sp³-hybridized carbons (Fsp3) is 0.611. The highest BCUT2D eigenvalue weighted by molar-refractivity contribution is 6.30. The van der Waals surface area contributed by atoms with E-state index >= 15 is 0 Å². The van der Waals surface area contributed by atoms with E-state index < -0.39 is 0 Å². The SMILES string of the molecule is CC(C)OCC1CN(CCc2cc(Cl)cc(C#N)c2)CC1C. The van der Waals surface area contributed by atoms with Crippen LogP contribution in [0.1, 0.15) is 31.9 Å². The molecule has 0 radical (unpaired) electrons. The van der Waals surface area contributed by atoms with Crippen molar-refractivity contribution in [1.82, 2.24) is 4.90 Å². The van der Waals surface area contributed by atoms with Crippen LogP contribution in [-0.2, 0) is 11.2 Å². The molecule has 1 aliphatic rings. The molecular weight excluding hydrogens is 296 g/mol. The Morgan fingerprint density at radius 1 is 1.36 bits per heavy atom. The molecule has 0 aromatic heterocycles. The van der Waals surface area contributed by atoms with Gasteiger partial charge in [0.25, 0.3) is 0 Å². The molecule has 1 aliphatic heterocycles. The predicted octanol–water partition coefficient (Wildman–Crippen LogP) is 3.75. The molecule has 1 aromatic carbocycles. The van der Waals surface area contributed by atoms with Crippen LogP contribution in [0.3, 0.4) is 0 Å². The van der Waals surface area contributed by atoms with Crippen molar-refractivity contribution < 1.29 is 4.74 Å². The lowest BCUT2D eigenvalue weighted by Crippen LogP contribution is -2.24. The lowest BCUT2D eigenvalue weighted by Gasteiger charge is -2.17. The smallest absolute Gasteiger partial charge is 0.0992 e. The first-order valence-corrected chi connectivity index (χ1v) is 8.39. The van der Waals surface area contributed by atoms with Crippen LogP contribution in [0.5, 0.6) is 0 Å². The number of halogens is 1. The average Bonchev–Trinajstić information content (AvgIpc) is 2.82. The summed E-state index contributed by atoms with van der Waals surface area (Å²) in [4.78, 5) is 2.49. The number of nitriles is 1. The summed E-state index contributed by atoms with van der Waals surface area (Å²) < 4.78 is 5.77. The highest BCUT2D eigenvalue weighted by atomic mass is 35.5. The second-order valence-electron chi connectivity index (χ2n) is 6.59. The zero-order valence-corrected chi connectivity index (χ0v) is 14.4. The molecule has 1 aromatic rings. The third-order valence-corrected chi connectivity index (χ3v) is 4.51. The number of likely N-dealkylation sites (tertiary alicyclic amines) is 1. The fourth-order valence-corrected chi connectivity index (χ4v) is 3.26. The van der Waals surface area contributed by atoms with Gasteiger partial charge in [-0.25, -0.2) is 0 Å². The molecule has 2 atom stereocenters. The molecular formula is C18H25ClN2O. The van der Waals surface area contributed by atoms with Gasteiger partial charge in [-0.3, -0.25) is 0 Å². The van der Waals surface area contributed by atoms with Crippen LogP contribution in [-0.4, -0.2) is 37.2 Å². The van der Waals surface area contributed by atoms with Crippen LogP contribution < -0.4 is 0 Å². The Labute approximate surface area is 138 Å². The van der Waals surface area contributed by atoms with E-state index in [1.165, 1.54) is 0 Å². The van der Waals surface area contributed by atoms with Crippen LogP contribution in [0.4, 0.5) is 0 Å². The summed E-state index contributed by atoms with van der Waals surface area (Å²) in [6.07, 6.45) is 1.23. The zero-order valence-electron chi connectivity index (χ0n) is 13.7. The Morgan fingerprint density at radius 3 is 2.82 bits per heavy atom. The maximum absolute atomic E-state index is 9.01. The van der Waals surface area contributed by atoms with E-state index in [0.717, 1.165) is 38.2 Å². The molecule has 22 heavy (non-hydrogen) atoms. The third-order valence-electron chi connectivity index (χ3n) is 4.29. The van der Waals surface area contributed by atoms with E-state index in [-0.39, 0.29) is 0 Å². The van der Waals surface area contributed by atoms with Crippen molar-refractivity contribution in [1.29, 1.82) is 5.26 Å². The molecule has 120 valence electrons. The Kier molecular flexibility index (Phi) is 6.26. The van der Waals surface area contributed by atoms with Gasteiger partial charge in [-0.05, 0) is 55.9 Å². The second-order valence-corrected chi connectivity index (χ2v) is 7.03. The molecule has 0 bridgehead atoms. The van der Waals surface area contributed by atoms with Gasteiger partial charge in [-0.2, -0.15) is 5.26 Å². The number of rotatable bonds is 6. The van der Waals surface area contributed by atoms with Crippen LogP contribution >= 0.6 is 11.6 Å². The van der Waals surface area contributed by atoms with Crippen LogP contribution in [0.15, 0.2) is 18.2 Å². The summed E-state index contributed by atoms with van der Waals surface area (Å²) in [5.41, 5.74) is 1.78. The summed E-state index contributed by atoms with van der Waals surface area (Å²) in [5.74, 6) is 1.30. The molecule has 0 amide bonds. The minimum Gasteiger partial charge on any atom is -0.378 e. The molecule has 1 heterocycles. The third kappa shape index (κ3) is 4.98. The van der Waals surface area contributed by atoms with E-state index in [1.54, 1.807) is 6.07 Å². The molecule has 0 saturated carbocycles. The van der Waals surface area contributed by atoms with Gasteiger partial charge in [0.15, 0.2) is 0 Å². The second kappa shape index (κ2) is 7.97. The molecule has 4 heteroatoms. The highest BCUT2D eigenvalue weighted by Gasteiger charge is 2.29. The number of ether oxygens (including phenoxy) is 1. The van der Waals surface area contributed by atoms with Crippen molar-refractivity contribution >= 4 is 11.6 Å². The lowest BCUT2D eigenvalue weighted by molar-refractivity contribution is 0.0455. The van der Waals surface area contributed by atoms with E-state index in [1.807, 2.05) is 12.1 Å². The van der Waals surface area contributed by atoms with Gasteiger partial charge in [-0.15, -0.1) is 0 Å². The standard InChI is InChI=1S/C18H25ClN2O/c1-13(2)22-12-17-11-21(10-14(17)3)5-4-15-6-16(9-20)8-18(19)7-15/h6-8,13-14,17H,4-5,10-12H2,1-3H3. The van der Waals surface area contributed by atoms with E-state index in [9.17, 15) is 0 Å². The van der Waals surface area contributed by atoms with Gasteiger partial charge in [0.2, 0.25) is 0 Å². The first kappa shape index (κ1) is 17.3. The minimum atomic E-state index is 0.303. The summed E-state index contributed by atoms with van der Waals surface area (Å²) in [6, 6.07) is 7.77. The van der Waals surface area contributed by atoms with Crippen molar-refractivity contribution in [3.8, 4) is 6.07 Å². The van der Waals surface area contributed by atoms with Gasteiger partial charge in [0, 0.05) is 24.7 Å². The average molecular weight is 321 g/mol. The monoisotopic (exact) mass is 320 g/mol. The highest BCUT2D eigenvalue weighted by Crippen LogP contribution is 2.24.